The van der Waals surface area contributed by atoms with Crippen molar-refractivity contribution in [1.29, 1.82) is 0 Å². The van der Waals surface area contributed by atoms with Crippen LogP contribution in [0.3, 0.4) is 0 Å². The van der Waals surface area contributed by atoms with Crippen LogP contribution in [0.25, 0.3) is 0 Å². The minimum atomic E-state index is -0.185. The molecule has 0 aliphatic carbocycles. The molecule has 0 aromatic heterocycles. The third-order valence-corrected chi connectivity index (χ3v) is 4.94. The second-order valence-corrected chi connectivity index (χ2v) is 6.44. The van der Waals surface area contributed by atoms with E-state index in [2.05, 4.69) is 34.5 Å². The minimum absolute atomic E-state index is 0.185. The van der Waals surface area contributed by atoms with Crippen molar-refractivity contribution in [2.75, 3.05) is 19.6 Å². The average molecular weight is 349 g/mol. The first-order chi connectivity index (χ1) is 11.1. The maximum atomic E-state index is 12.2. The lowest BCUT2D eigenvalue weighted by Crippen LogP contribution is -2.37. The van der Waals surface area contributed by atoms with E-state index in [1.165, 1.54) is 11.1 Å². The normalized spacial score (nSPS) is 14.3. The Morgan fingerprint density at radius 1 is 1.09 bits per heavy atom. The van der Waals surface area contributed by atoms with Crippen molar-refractivity contribution in [3.05, 3.63) is 69.2 Å². The van der Waals surface area contributed by atoms with E-state index in [4.69, 9.17) is 23.2 Å². The van der Waals surface area contributed by atoms with Crippen molar-refractivity contribution in [3.8, 4) is 0 Å². The highest BCUT2D eigenvalue weighted by Crippen LogP contribution is 2.25. The highest BCUT2D eigenvalue weighted by molar-refractivity contribution is 6.43. The van der Waals surface area contributed by atoms with E-state index in [1.807, 2.05) is 0 Å². The summed E-state index contributed by atoms with van der Waals surface area (Å²) in [5.41, 5.74) is 3.23. The summed E-state index contributed by atoms with van der Waals surface area (Å²) in [6.07, 6.45) is 1.06. The summed E-state index contributed by atoms with van der Waals surface area (Å²) in [6, 6.07) is 13.6. The largest absolute Gasteiger partial charge is 0.351 e. The van der Waals surface area contributed by atoms with Gasteiger partial charge in [-0.2, -0.15) is 0 Å². The van der Waals surface area contributed by atoms with E-state index in [-0.39, 0.29) is 5.91 Å². The van der Waals surface area contributed by atoms with Crippen molar-refractivity contribution >= 4 is 29.1 Å². The highest BCUT2D eigenvalue weighted by atomic mass is 35.5. The van der Waals surface area contributed by atoms with Gasteiger partial charge < -0.3 is 5.32 Å². The smallest absolute Gasteiger partial charge is 0.252 e. The molecule has 5 heteroatoms. The Labute approximate surface area is 146 Å². The van der Waals surface area contributed by atoms with E-state index >= 15 is 0 Å². The number of carbonyl (C=O) groups is 1. The van der Waals surface area contributed by atoms with Crippen molar-refractivity contribution in [2.24, 2.45) is 0 Å². The maximum absolute atomic E-state index is 12.2. The van der Waals surface area contributed by atoms with Gasteiger partial charge in [0.25, 0.3) is 5.91 Å². The molecule has 0 radical (unpaired) electrons. The number of carbonyl (C=O) groups excluding carboxylic acids is 1. The fourth-order valence-electron chi connectivity index (χ4n) is 2.85. The molecule has 1 heterocycles. The van der Waals surface area contributed by atoms with Gasteiger partial charge >= 0.3 is 0 Å². The first kappa shape index (κ1) is 16.3. The summed E-state index contributed by atoms with van der Waals surface area (Å²) < 4.78 is 0. The second-order valence-electron chi connectivity index (χ2n) is 5.65. The lowest BCUT2D eigenvalue weighted by molar-refractivity contribution is 0.0947. The van der Waals surface area contributed by atoms with Crippen molar-refractivity contribution in [3.63, 3.8) is 0 Å². The maximum Gasteiger partial charge on any atom is 0.252 e. The van der Waals surface area contributed by atoms with E-state index < -0.39 is 0 Å². The molecule has 3 nitrogen and oxygen atoms in total. The van der Waals surface area contributed by atoms with Gasteiger partial charge in [-0.05, 0) is 29.7 Å². The Morgan fingerprint density at radius 3 is 2.70 bits per heavy atom. The molecule has 0 unspecified atom stereocenters. The molecule has 0 bridgehead atoms. The van der Waals surface area contributed by atoms with E-state index in [0.29, 0.717) is 22.2 Å². The summed E-state index contributed by atoms with van der Waals surface area (Å²) in [6.45, 7) is 3.36. The van der Waals surface area contributed by atoms with Crippen LogP contribution in [0.15, 0.2) is 42.5 Å². The third kappa shape index (κ3) is 3.86. The van der Waals surface area contributed by atoms with Gasteiger partial charge in [-0.25, -0.2) is 0 Å². The van der Waals surface area contributed by atoms with Crippen LogP contribution in [-0.4, -0.2) is 30.4 Å². The van der Waals surface area contributed by atoms with E-state index in [9.17, 15) is 4.79 Å². The molecule has 2 aromatic carbocycles. The number of benzene rings is 2. The van der Waals surface area contributed by atoms with Gasteiger partial charge in [0.05, 0.1) is 15.6 Å². The SMILES string of the molecule is O=C(NCCN1CCc2ccccc2C1)c1cccc(Cl)c1Cl. The topological polar surface area (TPSA) is 32.3 Å². The number of fused-ring (bicyclic) bond motifs is 1. The van der Waals surface area contributed by atoms with Gasteiger partial charge in [-0.1, -0.05) is 53.5 Å². The lowest BCUT2D eigenvalue weighted by atomic mass is 10.00. The number of rotatable bonds is 4. The average Bonchev–Trinajstić information content (AvgIpc) is 2.57. The first-order valence-electron chi connectivity index (χ1n) is 7.66. The third-order valence-electron chi connectivity index (χ3n) is 4.12. The number of nitrogens with zero attached hydrogens (tertiary/aromatic N) is 1. The van der Waals surface area contributed by atoms with Crippen LogP contribution in [-0.2, 0) is 13.0 Å². The molecule has 0 fully saturated rings. The predicted octanol–water partition coefficient (Wildman–Crippen LogP) is 3.78. The Morgan fingerprint density at radius 2 is 1.87 bits per heavy atom. The standard InChI is InChI=1S/C18H18Cl2N2O/c19-16-7-3-6-15(17(16)20)18(23)21-9-11-22-10-8-13-4-1-2-5-14(13)12-22/h1-7H,8-12H2,(H,21,23). The number of hydrogen-bond donors (Lipinski definition) is 1. The molecule has 2 aromatic rings. The molecule has 1 aliphatic rings. The predicted molar refractivity (Wildman–Crippen MR) is 94.2 cm³/mol. The van der Waals surface area contributed by atoms with Crippen LogP contribution >= 0.6 is 23.2 Å². The van der Waals surface area contributed by atoms with Crippen molar-refractivity contribution in [2.45, 2.75) is 13.0 Å². The van der Waals surface area contributed by atoms with E-state index in [0.717, 1.165) is 26.1 Å². The van der Waals surface area contributed by atoms with Gasteiger partial charge in [0, 0.05) is 26.2 Å². The van der Waals surface area contributed by atoms with Crippen LogP contribution in [0.2, 0.25) is 10.0 Å². The summed E-state index contributed by atoms with van der Waals surface area (Å²) in [4.78, 5) is 14.5. The molecule has 0 atom stereocenters. The quantitative estimate of drug-likeness (QED) is 0.911. The van der Waals surface area contributed by atoms with Crippen LogP contribution in [0.4, 0.5) is 0 Å². The molecule has 0 spiro atoms. The number of hydrogen-bond acceptors (Lipinski definition) is 2. The van der Waals surface area contributed by atoms with Crippen LogP contribution in [0.5, 0.6) is 0 Å². The molecular weight excluding hydrogens is 331 g/mol. The Hall–Kier alpha value is -1.55. The summed E-state index contributed by atoms with van der Waals surface area (Å²) in [7, 11) is 0. The molecule has 1 aliphatic heterocycles. The zero-order valence-corrected chi connectivity index (χ0v) is 14.2. The van der Waals surface area contributed by atoms with Crippen LogP contribution in [0.1, 0.15) is 21.5 Å². The zero-order valence-electron chi connectivity index (χ0n) is 12.7. The highest BCUT2D eigenvalue weighted by Gasteiger charge is 2.16. The molecule has 0 saturated carbocycles. The van der Waals surface area contributed by atoms with Gasteiger partial charge in [-0.15, -0.1) is 0 Å². The number of nitrogens with one attached hydrogen (secondary N) is 1. The Kier molecular flexibility index (Phi) is 5.21. The van der Waals surface area contributed by atoms with Gasteiger partial charge in [0.1, 0.15) is 0 Å². The fraction of sp³-hybridized carbons (Fsp3) is 0.278. The number of halogens is 2. The minimum Gasteiger partial charge on any atom is -0.351 e. The molecule has 3 rings (SSSR count). The molecule has 120 valence electrons. The summed E-state index contributed by atoms with van der Waals surface area (Å²) in [5.74, 6) is -0.185. The second kappa shape index (κ2) is 7.35. The van der Waals surface area contributed by atoms with Crippen molar-refractivity contribution < 1.29 is 4.79 Å². The lowest BCUT2D eigenvalue weighted by Gasteiger charge is -2.28. The summed E-state index contributed by atoms with van der Waals surface area (Å²) in [5, 5.41) is 3.61. The molecule has 23 heavy (non-hydrogen) atoms. The van der Waals surface area contributed by atoms with E-state index in [1.54, 1.807) is 18.2 Å². The molecule has 1 amide bonds. The van der Waals surface area contributed by atoms with Crippen LogP contribution < -0.4 is 5.32 Å². The Bertz CT molecular complexity index is 718. The molecule has 1 N–H and O–H groups in total. The first-order valence-corrected chi connectivity index (χ1v) is 8.42. The van der Waals surface area contributed by atoms with Gasteiger partial charge in [0.15, 0.2) is 0 Å². The molecular formula is C18H18Cl2N2O. The van der Waals surface area contributed by atoms with Gasteiger partial charge in [-0.3, -0.25) is 9.69 Å². The fourth-order valence-corrected chi connectivity index (χ4v) is 3.23. The monoisotopic (exact) mass is 348 g/mol. The summed E-state index contributed by atoms with van der Waals surface area (Å²) >= 11 is 12.0. The van der Waals surface area contributed by atoms with Crippen LogP contribution in [0, 0.1) is 0 Å². The van der Waals surface area contributed by atoms with Gasteiger partial charge in [0.2, 0.25) is 0 Å². The Balaban J connectivity index is 1.52. The molecule has 0 saturated heterocycles. The van der Waals surface area contributed by atoms with Crippen molar-refractivity contribution in [1.82, 2.24) is 10.2 Å². The zero-order chi connectivity index (χ0) is 16.2. The number of amides is 1.